The Morgan fingerprint density at radius 1 is 1.04 bits per heavy atom. The van der Waals surface area contributed by atoms with Crippen LogP contribution in [-0.2, 0) is 19.1 Å². The normalized spacial score (nSPS) is 10.0. The van der Waals surface area contributed by atoms with Crippen molar-refractivity contribution in [2.75, 3.05) is 40.0 Å². The van der Waals surface area contributed by atoms with Crippen molar-refractivity contribution >= 4 is 17.8 Å². The summed E-state index contributed by atoms with van der Waals surface area (Å²) in [4.78, 5) is 36.3. The van der Waals surface area contributed by atoms with Crippen molar-refractivity contribution in [1.82, 2.24) is 10.2 Å². The second-order valence-electron chi connectivity index (χ2n) is 5.74. The van der Waals surface area contributed by atoms with Gasteiger partial charge < -0.3 is 24.4 Å². The van der Waals surface area contributed by atoms with Crippen molar-refractivity contribution in [3.63, 3.8) is 0 Å². The molecule has 0 saturated heterocycles. The summed E-state index contributed by atoms with van der Waals surface area (Å²) >= 11 is 0. The third-order valence-corrected chi connectivity index (χ3v) is 3.64. The van der Waals surface area contributed by atoms with Crippen LogP contribution >= 0.6 is 0 Å². The minimum absolute atomic E-state index is 0.103. The average molecular weight is 380 g/mol. The van der Waals surface area contributed by atoms with Crippen LogP contribution in [0.5, 0.6) is 11.5 Å². The fourth-order valence-corrected chi connectivity index (χ4v) is 2.26. The molecular formula is C19H28N2O6. The maximum atomic E-state index is 12.5. The van der Waals surface area contributed by atoms with E-state index in [1.807, 2.05) is 6.92 Å². The average Bonchev–Trinajstić information content (AvgIpc) is 2.66. The Bertz CT molecular complexity index is 603. The van der Waals surface area contributed by atoms with E-state index < -0.39 is 0 Å². The number of nitrogens with zero attached hydrogens (tertiary/aromatic N) is 1. The summed E-state index contributed by atoms with van der Waals surface area (Å²) in [6.07, 6.45) is 0.682. The quantitative estimate of drug-likeness (QED) is 0.435. The highest BCUT2D eigenvalue weighted by molar-refractivity contribution is 5.78. The maximum Gasteiger partial charge on any atom is 0.307 e. The molecule has 0 unspecified atom stereocenters. The molecule has 1 rings (SSSR count). The first-order valence-corrected chi connectivity index (χ1v) is 8.91. The molecule has 0 fully saturated rings. The van der Waals surface area contributed by atoms with E-state index in [1.165, 1.54) is 18.9 Å². The van der Waals surface area contributed by atoms with Gasteiger partial charge in [0.25, 0.3) is 5.91 Å². The lowest BCUT2D eigenvalue weighted by atomic mass is 10.3. The first-order chi connectivity index (χ1) is 13.0. The molecule has 150 valence electrons. The highest BCUT2D eigenvalue weighted by Crippen LogP contribution is 2.17. The number of ether oxygens (including phenoxy) is 3. The molecule has 0 saturated carbocycles. The zero-order valence-electron chi connectivity index (χ0n) is 16.2. The lowest BCUT2D eigenvalue weighted by Gasteiger charge is -2.22. The first kappa shape index (κ1) is 22.3. The number of hydrogen-bond donors (Lipinski definition) is 1. The molecule has 0 radical (unpaired) electrons. The summed E-state index contributed by atoms with van der Waals surface area (Å²) in [6, 6.07) is 7.00. The number of carbonyl (C=O) groups excluding carboxylic acids is 3. The molecule has 0 bridgehead atoms. The van der Waals surface area contributed by atoms with E-state index in [4.69, 9.17) is 9.47 Å². The van der Waals surface area contributed by atoms with Crippen LogP contribution in [0, 0.1) is 0 Å². The predicted molar refractivity (Wildman–Crippen MR) is 99.6 cm³/mol. The molecule has 1 N–H and O–H groups in total. The Labute approximate surface area is 159 Å². The van der Waals surface area contributed by atoms with Gasteiger partial charge in [0.2, 0.25) is 5.91 Å². The van der Waals surface area contributed by atoms with E-state index in [9.17, 15) is 14.4 Å². The summed E-state index contributed by atoms with van der Waals surface area (Å²) in [5.41, 5.74) is 0. The van der Waals surface area contributed by atoms with Gasteiger partial charge in [-0.1, -0.05) is 0 Å². The largest absolute Gasteiger partial charge is 0.494 e. The molecule has 1 aromatic carbocycles. The van der Waals surface area contributed by atoms with Crippen molar-refractivity contribution in [2.45, 2.75) is 26.7 Å². The summed E-state index contributed by atoms with van der Waals surface area (Å²) in [5.74, 6) is 0.533. The van der Waals surface area contributed by atoms with E-state index in [2.05, 4.69) is 10.1 Å². The van der Waals surface area contributed by atoms with E-state index >= 15 is 0 Å². The van der Waals surface area contributed by atoms with Gasteiger partial charge in [0.1, 0.15) is 11.5 Å². The summed E-state index contributed by atoms with van der Waals surface area (Å²) in [7, 11) is 1.31. The van der Waals surface area contributed by atoms with Crippen molar-refractivity contribution in [3.8, 4) is 11.5 Å². The highest BCUT2D eigenvalue weighted by Gasteiger charge is 2.16. The van der Waals surface area contributed by atoms with Crippen LogP contribution in [0.3, 0.4) is 0 Å². The van der Waals surface area contributed by atoms with Crippen molar-refractivity contribution in [2.24, 2.45) is 0 Å². The number of rotatable bonds is 12. The molecule has 2 amide bonds. The number of methoxy groups -OCH3 is 1. The lowest BCUT2D eigenvalue weighted by Crippen LogP contribution is -2.38. The van der Waals surface area contributed by atoms with E-state index in [1.54, 1.807) is 24.3 Å². The minimum atomic E-state index is -0.387. The van der Waals surface area contributed by atoms with Crippen LogP contribution in [0.4, 0.5) is 0 Å². The number of hydrogen-bond acceptors (Lipinski definition) is 6. The SMILES string of the molecule is CCOc1ccc(OCC(=O)N(CCCNC(C)=O)CCC(=O)OC)cc1. The predicted octanol–water partition coefficient (Wildman–Crippen LogP) is 1.38. The number of carbonyl (C=O) groups is 3. The smallest absolute Gasteiger partial charge is 0.307 e. The lowest BCUT2D eigenvalue weighted by molar-refractivity contribution is -0.142. The molecule has 8 heteroatoms. The monoisotopic (exact) mass is 380 g/mol. The Hall–Kier alpha value is -2.77. The van der Waals surface area contributed by atoms with Gasteiger partial charge in [0, 0.05) is 26.6 Å². The maximum absolute atomic E-state index is 12.5. The van der Waals surface area contributed by atoms with Crippen LogP contribution in [0.15, 0.2) is 24.3 Å². The number of esters is 1. The zero-order valence-corrected chi connectivity index (χ0v) is 16.2. The molecule has 0 aliphatic heterocycles. The Morgan fingerprint density at radius 3 is 2.22 bits per heavy atom. The van der Waals surface area contributed by atoms with Gasteiger partial charge in [-0.15, -0.1) is 0 Å². The topological polar surface area (TPSA) is 94.2 Å². The molecule has 0 heterocycles. The van der Waals surface area contributed by atoms with Crippen molar-refractivity contribution in [3.05, 3.63) is 24.3 Å². The van der Waals surface area contributed by atoms with Gasteiger partial charge in [-0.3, -0.25) is 14.4 Å². The van der Waals surface area contributed by atoms with Crippen LogP contribution in [0.1, 0.15) is 26.7 Å². The van der Waals surface area contributed by atoms with Crippen LogP contribution < -0.4 is 14.8 Å². The summed E-state index contributed by atoms with van der Waals surface area (Å²) < 4.78 is 15.5. The van der Waals surface area contributed by atoms with Gasteiger partial charge >= 0.3 is 5.97 Å². The standard InChI is InChI=1S/C19H28N2O6/c1-4-26-16-6-8-17(9-7-16)27-14-18(23)21(13-10-19(24)25-3)12-5-11-20-15(2)22/h6-9H,4-5,10-14H2,1-3H3,(H,20,22). The zero-order chi connectivity index (χ0) is 20.1. The second-order valence-corrected chi connectivity index (χ2v) is 5.74. The molecule has 1 aromatic rings. The first-order valence-electron chi connectivity index (χ1n) is 8.91. The van der Waals surface area contributed by atoms with E-state index in [0.29, 0.717) is 31.9 Å². The molecule has 0 aliphatic rings. The number of amides is 2. The third-order valence-electron chi connectivity index (χ3n) is 3.64. The van der Waals surface area contributed by atoms with Crippen LogP contribution in [-0.4, -0.2) is 62.6 Å². The van der Waals surface area contributed by atoms with E-state index in [-0.39, 0.29) is 37.4 Å². The third kappa shape index (κ3) is 9.48. The molecule has 0 spiro atoms. The van der Waals surface area contributed by atoms with Gasteiger partial charge in [0.05, 0.1) is 20.1 Å². The number of nitrogens with one attached hydrogen (secondary N) is 1. The molecule has 0 aromatic heterocycles. The Morgan fingerprint density at radius 2 is 1.67 bits per heavy atom. The summed E-state index contributed by atoms with van der Waals surface area (Å²) in [6.45, 7) is 4.86. The van der Waals surface area contributed by atoms with Crippen LogP contribution in [0.25, 0.3) is 0 Å². The van der Waals surface area contributed by atoms with Crippen molar-refractivity contribution < 1.29 is 28.6 Å². The fraction of sp³-hybridized carbons (Fsp3) is 0.526. The molecule has 8 nitrogen and oxygen atoms in total. The highest BCUT2D eigenvalue weighted by atomic mass is 16.5. The van der Waals surface area contributed by atoms with Crippen LogP contribution in [0.2, 0.25) is 0 Å². The minimum Gasteiger partial charge on any atom is -0.494 e. The molecule has 0 atom stereocenters. The Balaban J connectivity index is 2.53. The summed E-state index contributed by atoms with van der Waals surface area (Å²) in [5, 5.41) is 2.68. The van der Waals surface area contributed by atoms with Gasteiger partial charge in [0.15, 0.2) is 6.61 Å². The van der Waals surface area contributed by atoms with Gasteiger partial charge in [-0.2, -0.15) is 0 Å². The fourth-order valence-electron chi connectivity index (χ4n) is 2.26. The van der Waals surface area contributed by atoms with Gasteiger partial charge in [-0.25, -0.2) is 0 Å². The van der Waals surface area contributed by atoms with Crippen molar-refractivity contribution in [1.29, 1.82) is 0 Å². The number of benzene rings is 1. The Kier molecular flexibility index (Phi) is 10.4. The van der Waals surface area contributed by atoms with Gasteiger partial charge in [-0.05, 0) is 37.6 Å². The van der Waals surface area contributed by atoms with E-state index in [0.717, 1.165) is 5.75 Å². The molecular weight excluding hydrogens is 352 g/mol. The molecule has 27 heavy (non-hydrogen) atoms. The molecule has 0 aliphatic carbocycles. The second kappa shape index (κ2) is 12.6.